The minimum Gasteiger partial charge on any atom is -0.258 e. The summed E-state index contributed by atoms with van der Waals surface area (Å²) in [6.45, 7) is 2.03. The van der Waals surface area contributed by atoms with E-state index in [-0.39, 0.29) is 5.69 Å². The Bertz CT molecular complexity index is 1440. The third kappa shape index (κ3) is 2.98. The van der Waals surface area contributed by atoms with Gasteiger partial charge in [0, 0.05) is 39.7 Å². The molecule has 0 fully saturated rings. The largest absolute Gasteiger partial charge is 0.271 e. The third-order valence-electron chi connectivity index (χ3n) is 5.08. The van der Waals surface area contributed by atoms with Crippen molar-refractivity contribution in [3.8, 4) is 16.9 Å². The first-order valence-electron chi connectivity index (χ1n) is 9.30. The van der Waals surface area contributed by atoms with E-state index in [9.17, 15) is 10.1 Å². The maximum Gasteiger partial charge on any atom is 0.271 e. The molecule has 146 valence electrons. The van der Waals surface area contributed by atoms with Crippen LogP contribution < -0.4 is 0 Å². The number of aromatic nitrogens is 3. The Hall–Kier alpha value is -3.77. The zero-order chi connectivity index (χ0) is 20.8. The van der Waals surface area contributed by atoms with Crippen LogP contribution in [0.25, 0.3) is 38.8 Å². The van der Waals surface area contributed by atoms with Crippen LogP contribution in [0.15, 0.2) is 72.9 Å². The van der Waals surface area contributed by atoms with E-state index in [1.165, 1.54) is 12.1 Å². The molecule has 0 aliphatic carbocycles. The van der Waals surface area contributed by atoms with Crippen LogP contribution in [0.4, 0.5) is 5.69 Å². The summed E-state index contributed by atoms with van der Waals surface area (Å²) in [5, 5.41) is 18.5. The molecule has 7 heteroatoms. The molecule has 2 heterocycles. The van der Waals surface area contributed by atoms with Gasteiger partial charge in [-0.1, -0.05) is 47.5 Å². The van der Waals surface area contributed by atoms with Crippen molar-refractivity contribution in [2.45, 2.75) is 6.92 Å². The van der Waals surface area contributed by atoms with Crippen molar-refractivity contribution in [1.82, 2.24) is 14.8 Å². The Morgan fingerprint density at radius 2 is 1.80 bits per heavy atom. The summed E-state index contributed by atoms with van der Waals surface area (Å²) in [7, 11) is 0. The van der Waals surface area contributed by atoms with Gasteiger partial charge in [-0.3, -0.25) is 15.1 Å². The lowest BCUT2D eigenvalue weighted by molar-refractivity contribution is -0.384. The Morgan fingerprint density at radius 1 is 1.00 bits per heavy atom. The molecule has 0 aliphatic rings. The van der Waals surface area contributed by atoms with E-state index in [0.29, 0.717) is 10.7 Å². The molecular weight excluding hydrogens is 400 g/mol. The highest BCUT2D eigenvalue weighted by Crippen LogP contribution is 2.35. The molecule has 0 N–H and O–H groups in total. The Labute approximate surface area is 176 Å². The summed E-state index contributed by atoms with van der Waals surface area (Å²) in [6, 6.07) is 20.1. The Kier molecular flexibility index (Phi) is 4.22. The lowest BCUT2D eigenvalue weighted by Gasteiger charge is -2.06. The van der Waals surface area contributed by atoms with Crippen LogP contribution in [-0.2, 0) is 0 Å². The topological polar surface area (TPSA) is 73.8 Å². The van der Waals surface area contributed by atoms with Gasteiger partial charge in [-0.15, -0.1) is 0 Å². The molecule has 30 heavy (non-hydrogen) atoms. The smallest absolute Gasteiger partial charge is 0.258 e. The fraction of sp³-hybridized carbons (Fsp3) is 0.0435. The highest BCUT2D eigenvalue weighted by Gasteiger charge is 2.18. The molecule has 0 bridgehead atoms. The van der Waals surface area contributed by atoms with Crippen molar-refractivity contribution in [1.29, 1.82) is 0 Å². The molecule has 6 nitrogen and oxygen atoms in total. The number of aryl methyl sites for hydroxylation is 1. The standard InChI is InChI=1S/C23H15ClN4O2/c1-14-5-7-15(8-6-14)22-20-13-25-21-11-16(24)9-10-19(21)23(20)27(26-22)17-3-2-4-18(12-17)28(29)30/h2-13H,1H3. The summed E-state index contributed by atoms with van der Waals surface area (Å²) in [5.41, 5.74) is 5.04. The van der Waals surface area contributed by atoms with Crippen molar-refractivity contribution < 1.29 is 4.92 Å². The highest BCUT2D eigenvalue weighted by atomic mass is 35.5. The molecule has 0 saturated heterocycles. The zero-order valence-electron chi connectivity index (χ0n) is 15.9. The maximum absolute atomic E-state index is 11.3. The second-order valence-corrected chi connectivity index (χ2v) is 7.52. The number of nitrogens with zero attached hydrogens (tertiary/aromatic N) is 4. The molecule has 0 spiro atoms. The van der Waals surface area contributed by atoms with E-state index in [1.807, 2.05) is 37.3 Å². The zero-order valence-corrected chi connectivity index (χ0v) is 16.7. The lowest BCUT2D eigenvalue weighted by Crippen LogP contribution is -1.99. The number of pyridine rings is 1. The SMILES string of the molecule is Cc1ccc(-c2nn(-c3cccc([N+](=O)[O-])c3)c3c2cnc2cc(Cl)ccc23)cc1. The number of nitro benzene ring substituents is 1. The molecule has 0 unspecified atom stereocenters. The monoisotopic (exact) mass is 414 g/mol. The lowest BCUT2D eigenvalue weighted by atomic mass is 10.1. The van der Waals surface area contributed by atoms with Crippen LogP contribution in [-0.4, -0.2) is 19.7 Å². The van der Waals surface area contributed by atoms with Gasteiger partial charge in [0.15, 0.2) is 0 Å². The predicted octanol–water partition coefficient (Wildman–Crippen LogP) is 6.11. The fourth-order valence-corrected chi connectivity index (χ4v) is 3.77. The van der Waals surface area contributed by atoms with E-state index in [2.05, 4.69) is 4.98 Å². The fourth-order valence-electron chi connectivity index (χ4n) is 3.61. The molecule has 0 amide bonds. The van der Waals surface area contributed by atoms with Crippen LogP contribution >= 0.6 is 11.6 Å². The van der Waals surface area contributed by atoms with Gasteiger partial charge in [-0.05, 0) is 31.2 Å². The van der Waals surface area contributed by atoms with E-state index < -0.39 is 4.92 Å². The van der Waals surface area contributed by atoms with Gasteiger partial charge in [-0.25, -0.2) is 4.68 Å². The van der Waals surface area contributed by atoms with E-state index in [4.69, 9.17) is 16.7 Å². The minimum absolute atomic E-state index is 0.00874. The number of hydrogen-bond acceptors (Lipinski definition) is 4. The molecular formula is C23H15ClN4O2. The highest BCUT2D eigenvalue weighted by molar-refractivity contribution is 6.31. The summed E-state index contributed by atoms with van der Waals surface area (Å²) in [4.78, 5) is 15.5. The van der Waals surface area contributed by atoms with Crippen molar-refractivity contribution in [2.24, 2.45) is 0 Å². The molecule has 0 saturated carbocycles. The molecule has 0 aliphatic heterocycles. The second kappa shape index (κ2) is 6.93. The van der Waals surface area contributed by atoms with Crippen LogP contribution in [0.2, 0.25) is 5.02 Å². The molecule has 2 aromatic heterocycles. The number of fused-ring (bicyclic) bond motifs is 3. The van der Waals surface area contributed by atoms with Crippen LogP contribution in [0, 0.1) is 17.0 Å². The second-order valence-electron chi connectivity index (χ2n) is 7.09. The van der Waals surface area contributed by atoms with Gasteiger partial charge in [0.05, 0.1) is 21.6 Å². The summed E-state index contributed by atoms with van der Waals surface area (Å²) in [5.74, 6) is 0. The number of halogens is 1. The van der Waals surface area contributed by atoms with E-state index >= 15 is 0 Å². The van der Waals surface area contributed by atoms with Crippen molar-refractivity contribution in [3.63, 3.8) is 0 Å². The Morgan fingerprint density at radius 3 is 2.57 bits per heavy atom. The average molecular weight is 415 g/mol. The van der Waals surface area contributed by atoms with Gasteiger partial charge in [0.1, 0.15) is 5.69 Å². The van der Waals surface area contributed by atoms with E-state index in [1.54, 1.807) is 35.1 Å². The van der Waals surface area contributed by atoms with Gasteiger partial charge < -0.3 is 0 Å². The van der Waals surface area contributed by atoms with Crippen molar-refractivity contribution >= 4 is 39.1 Å². The number of hydrogen-bond donors (Lipinski definition) is 0. The van der Waals surface area contributed by atoms with Gasteiger partial charge >= 0.3 is 0 Å². The molecule has 5 aromatic rings. The van der Waals surface area contributed by atoms with Crippen molar-refractivity contribution in [2.75, 3.05) is 0 Å². The number of non-ortho nitro benzene ring substituents is 1. The van der Waals surface area contributed by atoms with Gasteiger partial charge in [0.25, 0.3) is 5.69 Å². The first-order valence-corrected chi connectivity index (χ1v) is 9.68. The summed E-state index contributed by atoms with van der Waals surface area (Å²) < 4.78 is 1.75. The van der Waals surface area contributed by atoms with Crippen LogP contribution in [0.1, 0.15) is 5.56 Å². The maximum atomic E-state index is 11.3. The van der Waals surface area contributed by atoms with E-state index in [0.717, 1.165) is 38.6 Å². The normalized spacial score (nSPS) is 11.3. The minimum atomic E-state index is -0.407. The number of nitro groups is 1. The first-order chi connectivity index (χ1) is 14.5. The van der Waals surface area contributed by atoms with Gasteiger partial charge in [-0.2, -0.15) is 5.10 Å². The van der Waals surface area contributed by atoms with Crippen LogP contribution in [0.3, 0.4) is 0 Å². The van der Waals surface area contributed by atoms with Crippen molar-refractivity contribution in [3.05, 3.63) is 93.6 Å². The summed E-state index contributed by atoms with van der Waals surface area (Å²) in [6.07, 6.45) is 1.78. The number of rotatable bonds is 3. The Balaban J connectivity index is 1.88. The van der Waals surface area contributed by atoms with Gasteiger partial charge in [0.2, 0.25) is 0 Å². The quantitative estimate of drug-likeness (QED) is 0.263. The molecule has 0 radical (unpaired) electrons. The first kappa shape index (κ1) is 18.3. The molecule has 3 aromatic carbocycles. The molecule has 5 rings (SSSR count). The van der Waals surface area contributed by atoms with Crippen LogP contribution in [0.5, 0.6) is 0 Å². The third-order valence-corrected chi connectivity index (χ3v) is 5.31. The average Bonchev–Trinajstić information content (AvgIpc) is 3.14. The summed E-state index contributed by atoms with van der Waals surface area (Å²) >= 11 is 6.16. The predicted molar refractivity (Wildman–Crippen MR) is 118 cm³/mol. The molecule has 0 atom stereocenters. The number of benzene rings is 3.